The molecule has 32 heavy (non-hydrogen) atoms. The quantitative estimate of drug-likeness (QED) is 0.403. The lowest BCUT2D eigenvalue weighted by atomic mass is 10.1. The number of rotatable bonds is 7. The average molecular weight is 450 g/mol. The summed E-state index contributed by atoms with van der Waals surface area (Å²) < 4.78 is 20.2. The molecule has 0 spiro atoms. The van der Waals surface area contributed by atoms with Crippen molar-refractivity contribution in [2.45, 2.75) is 38.4 Å². The Morgan fingerprint density at radius 2 is 1.97 bits per heavy atom. The van der Waals surface area contributed by atoms with Gasteiger partial charge >= 0.3 is 0 Å². The van der Waals surface area contributed by atoms with Gasteiger partial charge < -0.3 is 9.72 Å². The molecule has 0 amide bonds. The van der Waals surface area contributed by atoms with Crippen LogP contribution in [0.1, 0.15) is 37.2 Å². The minimum atomic E-state index is -0.204. The zero-order valence-electron chi connectivity index (χ0n) is 18.0. The van der Waals surface area contributed by atoms with Gasteiger partial charge in [0.05, 0.1) is 19.2 Å². The molecule has 5 rings (SSSR count). The van der Waals surface area contributed by atoms with Gasteiger partial charge in [-0.15, -0.1) is 11.3 Å². The van der Waals surface area contributed by atoms with Crippen LogP contribution in [0, 0.1) is 5.82 Å². The molecule has 0 aliphatic heterocycles. The molecule has 164 valence electrons. The molecule has 2 aromatic heterocycles. The second kappa shape index (κ2) is 8.48. The molecule has 2 aromatic carbocycles. The number of nitrogens with zero attached hydrogens (tertiary/aromatic N) is 2. The fourth-order valence-corrected chi connectivity index (χ4v) is 5.11. The molecule has 1 N–H and O–H groups in total. The molecule has 1 unspecified atom stereocenters. The molecule has 1 atom stereocenters. The van der Waals surface area contributed by atoms with Crippen molar-refractivity contribution in [1.82, 2.24) is 14.9 Å². The van der Waals surface area contributed by atoms with Crippen LogP contribution in [0.5, 0.6) is 5.75 Å². The number of aromatic amines is 1. The molecule has 7 heteroatoms. The third-order valence-corrected chi connectivity index (χ3v) is 7.18. The summed E-state index contributed by atoms with van der Waals surface area (Å²) in [6.45, 7) is 2.48. The van der Waals surface area contributed by atoms with Crippen LogP contribution in [-0.2, 0) is 6.54 Å². The van der Waals surface area contributed by atoms with E-state index < -0.39 is 0 Å². The summed E-state index contributed by atoms with van der Waals surface area (Å²) in [6, 6.07) is 16.9. The summed E-state index contributed by atoms with van der Waals surface area (Å²) >= 11 is 1.43. The number of aromatic nitrogens is 2. The van der Waals surface area contributed by atoms with Crippen LogP contribution in [0.2, 0.25) is 0 Å². The van der Waals surface area contributed by atoms with Gasteiger partial charge in [-0.1, -0.05) is 18.2 Å². The minimum Gasteiger partial charge on any atom is -0.497 e. The molecular weight excluding hydrogens is 425 g/mol. The van der Waals surface area contributed by atoms with E-state index in [0.29, 0.717) is 34.2 Å². The highest BCUT2D eigenvalue weighted by Gasteiger charge is 2.34. The first-order valence-electron chi connectivity index (χ1n) is 10.7. The number of methoxy groups -OCH3 is 1. The normalized spacial score (nSPS) is 14.8. The predicted octanol–water partition coefficient (Wildman–Crippen LogP) is 5.52. The zero-order valence-corrected chi connectivity index (χ0v) is 18.8. The van der Waals surface area contributed by atoms with Gasteiger partial charge in [0.25, 0.3) is 5.56 Å². The van der Waals surface area contributed by atoms with Gasteiger partial charge in [-0.2, -0.15) is 0 Å². The van der Waals surface area contributed by atoms with E-state index in [1.54, 1.807) is 13.2 Å². The number of thiophene rings is 1. The van der Waals surface area contributed by atoms with Crippen LogP contribution in [-0.4, -0.2) is 28.0 Å². The molecule has 1 saturated carbocycles. The van der Waals surface area contributed by atoms with Crippen molar-refractivity contribution in [3.63, 3.8) is 0 Å². The summed E-state index contributed by atoms with van der Waals surface area (Å²) in [5, 5.41) is 0. The first-order valence-corrected chi connectivity index (χ1v) is 11.5. The maximum Gasteiger partial charge on any atom is 0.268 e. The van der Waals surface area contributed by atoms with Gasteiger partial charge in [0.15, 0.2) is 0 Å². The number of halogens is 1. The smallest absolute Gasteiger partial charge is 0.268 e. The molecule has 1 fully saturated rings. The van der Waals surface area contributed by atoms with E-state index in [1.807, 2.05) is 49.4 Å². The van der Waals surface area contributed by atoms with Crippen LogP contribution < -0.4 is 10.3 Å². The van der Waals surface area contributed by atoms with Crippen LogP contribution in [0.25, 0.3) is 20.7 Å². The van der Waals surface area contributed by atoms with Crippen molar-refractivity contribution in [2.24, 2.45) is 0 Å². The van der Waals surface area contributed by atoms with E-state index in [4.69, 9.17) is 9.72 Å². The summed E-state index contributed by atoms with van der Waals surface area (Å²) in [5.74, 6) is 1.19. The Morgan fingerprint density at radius 3 is 2.66 bits per heavy atom. The number of fused-ring (bicyclic) bond motifs is 1. The van der Waals surface area contributed by atoms with Crippen molar-refractivity contribution >= 4 is 21.6 Å². The molecule has 0 radical (unpaired) electrons. The average Bonchev–Trinajstić information content (AvgIpc) is 3.55. The second-order valence-corrected chi connectivity index (χ2v) is 9.22. The monoisotopic (exact) mass is 449 g/mol. The van der Waals surface area contributed by atoms with E-state index in [2.05, 4.69) is 9.88 Å². The number of H-pyrrole nitrogens is 1. The SMILES string of the molecule is COc1ccc(-c2cc3nc(CN(C4CC4)C(C)c4ccccc4F)[nH]c(=O)c3s2)cc1. The van der Waals surface area contributed by atoms with E-state index in [0.717, 1.165) is 29.0 Å². The van der Waals surface area contributed by atoms with E-state index in [1.165, 1.54) is 17.4 Å². The van der Waals surface area contributed by atoms with Crippen molar-refractivity contribution in [2.75, 3.05) is 7.11 Å². The molecule has 0 bridgehead atoms. The number of ether oxygens (including phenoxy) is 1. The fraction of sp³-hybridized carbons (Fsp3) is 0.280. The van der Waals surface area contributed by atoms with E-state index in [-0.39, 0.29) is 17.4 Å². The van der Waals surface area contributed by atoms with Gasteiger partial charge in [0.1, 0.15) is 22.1 Å². The maximum absolute atomic E-state index is 14.4. The number of hydrogen-bond acceptors (Lipinski definition) is 5. The number of benzene rings is 2. The Bertz CT molecular complexity index is 1310. The molecule has 1 aliphatic carbocycles. The topological polar surface area (TPSA) is 58.2 Å². The summed E-state index contributed by atoms with van der Waals surface area (Å²) in [5.41, 5.74) is 2.24. The Morgan fingerprint density at radius 1 is 1.22 bits per heavy atom. The zero-order chi connectivity index (χ0) is 22.2. The highest BCUT2D eigenvalue weighted by molar-refractivity contribution is 7.22. The van der Waals surface area contributed by atoms with Crippen LogP contribution in [0.4, 0.5) is 4.39 Å². The molecule has 5 nitrogen and oxygen atoms in total. The Hall–Kier alpha value is -3.03. The molecule has 2 heterocycles. The lowest BCUT2D eigenvalue weighted by molar-refractivity contribution is 0.182. The third kappa shape index (κ3) is 4.06. The van der Waals surface area contributed by atoms with Crippen LogP contribution in [0.15, 0.2) is 59.4 Å². The van der Waals surface area contributed by atoms with Gasteiger partial charge in [-0.25, -0.2) is 9.37 Å². The standard InChI is InChI=1S/C25H24FN3O2S/c1-15(19-5-3-4-6-20(19)26)29(17-9-10-17)14-23-27-21-13-22(32-24(21)25(30)28-23)16-7-11-18(31-2)12-8-16/h3-8,11-13,15,17H,9-10,14H2,1-2H3,(H,27,28,30). The van der Waals surface area contributed by atoms with Crippen molar-refractivity contribution < 1.29 is 9.13 Å². The molecule has 1 aliphatic rings. The van der Waals surface area contributed by atoms with Crippen LogP contribution in [0.3, 0.4) is 0 Å². The van der Waals surface area contributed by atoms with E-state index in [9.17, 15) is 9.18 Å². The Labute approximate surface area is 189 Å². The summed E-state index contributed by atoms with van der Waals surface area (Å²) in [6.07, 6.45) is 2.15. The number of nitrogens with one attached hydrogen (secondary N) is 1. The second-order valence-electron chi connectivity index (χ2n) is 8.17. The van der Waals surface area contributed by atoms with E-state index >= 15 is 0 Å². The molecule has 4 aromatic rings. The van der Waals surface area contributed by atoms with Crippen molar-refractivity contribution in [3.8, 4) is 16.2 Å². The maximum atomic E-state index is 14.4. The predicted molar refractivity (Wildman–Crippen MR) is 126 cm³/mol. The highest BCUT2D eigenvalue weighted by Crippen LogP contribution is 2.36. The first kappa shape index (κ1) is 20.8. The van der Waals surface area contributed by atoms with Gasteiger partial charge in [0.2, 0.25) is 0 Å². The Balaban J connectivity index is 1.45. The summed E-state index contributed by atoms with van der Waals surface area (Å²) in [4.78, 5) is 23.8. The Kier molecular flexibility index (Phi) is 5.53. The molecular formula is C25H24FN3O2S. The van der Waals surface area contributed by atoms with Gasteiger partial charge in [0, 0.05) is 22.5 Å². The van der Waals surface area contributed by atoms with Crippen LogP contribution >= 0.6 is 11.3 Å². The highest BCUT2D eigenvalue weighted by atomic mass is 32.1. The summed E-state index contributed by atoms with van der Waals surface area (Å²) in [7, 11) is 1.64. The number of hydrogen-bond donors (Lipinski definition) is 1. The third-order valence-electron chi connectivity index (χ3n) is 6.01. The largest absolute Gasteiger partial charge is 0.497 e. The van der Waals surface area contributed by atoms with Gasteiger partial charge in [-0.05, 0) is 61.7 Å². The molecule has 0 saturated heterocycles. The lowest BCUT2D eigenvalue weighted by Gasteiger charge is -2.29. The first-order chi connectivity index (χ1) is 15.5. The lowest BCUT2D eigenvalue weighted by Crippen LogP contribution is -2.31. The van der Waals surface area contributed by atoms with Crippen molar-refractivity contribution in [1.29, 1.82) is 0 Å². The fourth-order valence-electron chi connectivity index (χ4n) is 4.11. The van der Waals surface area contributed by atoms with Gasteiger partial charge in [-0.3, -0.25) is 9.69 Å². The van der Waals surface area contributed by atoms with Crippen molar-refractivity contribution in [3.05, 3.63) is 82.2 Å². The minimum absolute atomic E-state index is 0.109.